The number of fused-ring (bicyclic) bond motifs is 1. The summed E-state index contributed by atoms with van der Waals surface area (Å²) in [7, 11) is 0. The average molecular weight is 224 g/mol. The minimum Gasteiger partial charge on any atom is -0.446 e. The van der Waals surface area contributed by atoms with Gasteiger partial charge in [-0.1, -0.05) is 0 Å². The lowest BCUT2D eigenvalue weighted by atomic mass is 9.93. The standard InChI is InChI=1S/C12H20N2O2/c15-12(16-10-2-1-3-10)14-7-5-9-4-6-13-8-11(9)14/h9-11,13H,1-8H2. The predicted molar refractivity (Wildman–Crippen MR) is 60.2 cm³/mol. The van der Waals surface area contributed by atoms with Gasteiger partial charge in [-0.2, -0.15) is 0 Å². The van der Waals surface area contributed by atoms with E-state index in [1.54, 1.807) is 0 Å². The Balaban J connectivity index is 1.58. The number of nitrogens with one attached hydrogen (secondary N) is 1. The maximum absolute atomic E-state index is 12.0. The molecule has 1 N–H and O–H groups in total. The second kappa shape index (κ2) is 4.24. The van der Waals surface area contributed by atoms with Crippen molar-refractivity contribution in [3.05, 3.63) is 0 Å². The number of likely N-dealkylation sites (tertiary alicyclic amines) is 1. The summed E-state index contributed by atoms with van der Waals surface area (Å²) in [6, 6.07) is 0.390. The molecule has 2 atom stereocenters. The van der Waals surface area contributed by atoms with Gasteiger partial charge in [0.05, 0.1) is 6.04 Å². The smallest absolute Gasteiger partial charge is 0.410 e. The van der Waals surface area contributed by atoms with Crippen molar-refractivity contribution in [1.29, 1.82) is 0 Å². The van der Waals surface area contributed by atoms with Crippen LogP contribution in [-0.2, 0) is 4.74 Å². The van der Waals surface area contributed by atoms with Crippen LogP contribution in [0, 0.1) is 5.92 Å². The number of piperidine rings is 1. The molecule has 0 aromatic heterocycles. The highest BCUT2D eigenvalue weighted by atomic mass is 16.6. The number of carbonyl (C=O) groups is 1. The molecule has 4 nitrogen and oxygen atoms in total. The van der Waals surface area contributed by atoms with Gasteiger partial charge in [-0.05, 0) is 44.6 Å². The lowest BCUT2D eigenvalue weighted by molar-refractivity contribution is 0.0216. The first-order valence-electron chi connectivity index (χ1n) is 6.52. The Morgan fingerprint density at radius 1 is 1.25 bits per heavy atom. The highest BCUT2D eigenvalue weighted by Gasteiger charge is 2.39. The van der Waals surface area contributed by atoms with Crippen LogP contribution in [0.25, 0.3) is 0 Å². The molecule has 2 heterocycles. The topological polar surface area (TPSA) is 41.6 Å². The van der Waals surface area contributed by atoms with Crippen LogP contribution in [0.4, 0.5) is 4.79 Å². The van der Waals surface area contributed by atoms with Crippen LogP contribution >= 0.6 is 0 Å². The van der Waals surface area contributed by atoms with Gasteiger partial charge in [-0.15, -0.1) is 0 Å². The molecular formula is C12H20N2O2. The summed E-state index contributed by atoms with van der Waals surface area (Å²) in [5.74, 6) is 0.704. The molecule has 0 aromatic rings. The van der Waals surface area contributed by atoms with Crippen molar-refractivity contribution in [3.8, 4) is 0 Å². The number of nitrogens with zero attached hydrogens (tertiary/aromatic N) is 1. The van der Waals surface area contributed by atoms with Crippen molar-refractivity contribution < 1.29 is 9.53 Å². The molecule has 4 heteroatoms. The van der Waals surface area contributed by atoms with E-state index in [-0.39, 0.29) is 12.2 Å². The summed E-state index contributed by atoms with van der Waals surface area (Å²) in [6.45, 7) is 2.94. The summed E-state index contributed by atoms with van der Waals surface area (Å²) in [4.78, 5) is 13.9. The molecule has 1 saturated carbocycles. The van der Waals surface area contributed by atoms with Gasteiger partial charge in [0.15, 0.2) is 0 Å². The molecule has 3 rings (SSSR count). The Labute approximate surface area is 96.3 Å². The highest BCUT2D eigenvalue weighted by Crippen LogP contribution is 2.30. The first-order chi connectivity index (χ1) is 7.84. The second-order valence-corrected chi connectivity index (χ2v) is 5.24. The van der Waals surface area contributed by atoms with E-state index >= 15 is 0 Å². The van der Waals surface area contributed by atoms with E-state index in [4.69, 9.17) is 4.74 Å². The minimum absolute atomic E-state index is 0.0686. The molecule has 0 spiro atoms. The predicted octanol–water partition coefficient (Wildman–Crippen LogP) is 1.36. The van der Waals surface area contributed by atoms with E-state index in [2.05, 4.69) is 5.32 Å². The van der Waals surface area contributed by atoms with E-state index in [1.807, 2.05) is 4.90 Å². The quantitative estimate of drug-likeness (QED) is 0.731. The van der Waals surface area contributed by atoms with Gasteiger partial charge < -0.3 is 15.0 Å². The summed E-state index contributed by atoms with van der Waals surface area (Å²) in [5, 5.41) is 3.37. The lowest BCUT2D eigenvalue weighted by Gasteiger charge is -2.34. The van der Waals surface area contributed by atoms with Crippen LogP contribution in [-0.4, -0.2) is 42.8 Å². The largest absolute Gasteiger partial charge is 0.446 e. The Morgan fingerprint density at radius 3 is 2.88 bits per heavy atom. The maximum atomic E-state index is 12.0. The maximum Gasteiger partial charge on any atom is 0.410 e. The van der Waals surface area contributed by atoms with E-state index in [0.717, 1.165) is 38.9 Å². The Bertz CT molecular complexity index is 278. The Kier molecular flexibility index (Phi) is 2.75. The summed E-state index contributed by atoms with van der Waals surface area (Å²) in [6.07, 6.45) is 5.84. The van der Waals surface area contributed by atoms with Gasteiger partial charge in [0.25, 0.3) is 0 Å². The zero-order valence-electron chi connectivity index (χ0n) is 9.65. The molecule has 1 aliphatic carbocycles. The lowest BCUT2D eigenvalue weighted by Crippen LogP contribution is -2.49. The van der Waals surface area contributed by atoms with Crippen molar-refractivity contribution in [1.82, 2.24) is 10.2 Å². The summed E-state index contributed by atoms with van der Waals surface area (Å²) >= 11 is 0. The Morgan fingerprint density at radius 2 is 2.12 bits per heavy atom. The second-order valence-electron chi connectivity index (χ2n) is 5.24. The van der Waals surface area contributed by atoms with Gasteiger partial charge in [0.2, 0.25) is 0 Å². The molecule has 2 saturated heterocycles. The van der Waals surface area contributed by atoms with Crippen molar-refractivity contribution in [2.24, 2.45) is 5.92 Å². The normalized spacial score (nSPS) is 34.4. The molecule has 1 amide bonds. The van der Waals surface area contributed by atoms with E-state index in [1.165, 1.54) is 12.8 Å². The molecule has 0 aromatic carbocycles. The first-order valence-corrected chi connectivity index (χ1v) is 6.52. The van der Waals surface area contributed by atoms with Crippen LogP contribution in [0.1, 0.15) is 32.1 Å². The fraction of sp³-hybridized carbons (Fsp3) is 0.917. The molecule has 0 radical (unpaired) electrons. The Hall–Kier alpha value is -0.770. The van der Waals surface area contributed by atoms with Gasteiger partial charge in [-0.3, -0.25) is 0 Å². The van der Waals surface area contributed by atoms with Crippen LogP contribution in [0.2, 0.25) is 0 Å². The zero-order chi connectivity index (χ0) is 11.0. The zero-order valence-corrected chi connectivity index (χ0v) is 9.65. The molecule has 2 unspecified atom stereocenters. The molecule has 2 aliphatic heterocycles. The third kappa shape index (κ3) is 1.79. The fourth-order valence-corrected chi connectivity index (χ4v) is 2.99. The summed E-state index contributed by atoms with van der Waals surface area (Å²) < 4.78 is 5.48. The number of carbonyl (C=O) groups excluding carboxylic acids is 1. The first kappa shape index (κ1) is 10.4. The van der Waals surface area contributed by atoms with Crippen LogP contribution < -0.4 is 5.32 Å². The number of rotatable bonds is 1. The van der Waals surface area contributed by atoms with Crippen molar-refractivity contribution in [3.63, 3.8) is 0 Å². The molecular weight excluding hydrogens is 204 g/mol. The van der Waals surface area contributed by atoms with Gasteiger partial charge >= 0.3 is 6.09 Å². The number of ether oxygens (including phenoxy) is 1. The van der Waals surface area contributed by atoms with Gasteiger partial charge in [-0.25, -0.2) is 4.79 Å². The van der Waals surface area contributed by atoms with E-state index in [0.29, 0.717) is 12.0 Å². The van der Waals surface area contributed by atoms with Crippen LogP contribution in [0.3, 0.4) is 0 Å². The molecule has 3 fully saturated rings. The van der Waals surface area contributed by atoms with E-state index < -0.39 is 0 Å². The number of hydrogen-bond acceptors (Lipinski definition) is 3. The van der Waals surface area contributed by atoms with Crippen LogP contribution in [0.15, 0.2) is 0 Å². The molecule has 0 bridgehead atoms. The third-order valence-corrected chi connectivity index (χ3v) is 4.28. The minimum atomic E-state index is -0.0686. The third-order valence-electron chi connectivity index (χ3n) is 4.28. The van der Waals surface area contributed by atoms with E-state index in [9.17, 15) is 4.79 Å². The molecule has 3 aliphatic rings. The number of hydrogen-bond donors (Lipinski definition) is 1. The molecule has 90 valence electrons. The fourth-order valence-electron chi connectivity index (χ4n) is 2.99. The van der Waals surface area contributed by atoms with Gasteiger partial charge in [0, 0.05) is 13.1 Å². The van der Waals surface area contributed by atoms with Crippen LogP contribution in [0.5, 0.6) is 0 Å². The summed E-state index contributed by atoms with van der Waals surface area (Å²) in [5.41, 5.74) is 0. The van der Waals surface area contributed by atoms with Crippen molar-refractivity contribution >= 4 is 6.09 Å². The highest BCUT2D eigenvalue weighted by molar-refractivity contribution is 5.69. The molecule has 16 heavy (non-hydrogen) atoms. The average Bonchev–Trinajstić information content (AvgIpc) is 2.67. The SMILES string of the molecule is O=C(OC1CCC1)N1CCC2CCNCC21. The van der Waals surface area contributed by atoms with Gasteiger partial charge in [0.1, 0.15) is 6.10 Å². The number of amides is 1. The van der Waals surface area contributed by atoms with Crippen molar-refractivity contribution in [2.45, 2.75) is 44.2 Å². The van der Waals surface area contributed by atoms with Crippen molar-refractivity contribution in [2.75, 3.05) is 19.6 Å². The monoisotopic (exact) mass is 224 g/mol.